The van der Waals surface area contributed by atoms with Crippen LogP contribution in [-0.2, 0) is 10.3 Å². The first kappa shape index (κ1) is 13.6. The molecule has 110 valence electrons. The number of benzene rings is 1. The van der Waals surface area contributed by atoms with Crippen molar-refractivity contribution >= 4 is 29.2 Å². The molecule has 0 saturated carbocycles. The number of urea groups is 1. The Morgan fingerprint density at radius 1 is 1.48 bits per heavy atom. The number of carbonyl (C=O) groups is 2. The van der Waals surface area contributed by atoms with E-state index < -0.39 is 28.5 Å². The Morgan fingerprint density at radius 2 is 2.19 bits per heavy atom. The molecular formula is C12H10ClN3O5. The van der Waals surface area contributed by atoms with Gasteiger partial charge in [0.25, 0.3) is 5.91 Å². The van der Waals surface area contributed by atoms with E-state index in [2.05, 4.69) is 10.6 Å². The van der Waals surface area contributed by atoms with E-state index in [1.807, 2.05) is 0 Å². The first-order chi connectivity index (χ1) is 9.83. The minimum Gasteiger partial charge on any atom is -0.483 e. The van der Waals surface area contributed by atoms with Crippen molar-refractivity contribution in [2.45, 2.75) is 25.0 Å². The third-order valence-electron chi connectivity index (χ3n) is 3.54. The maximum Gasteiger partial charge on any atom is 0.322 e. The van der Waals surface area contributed by atoms with Gasteiger partial charge in [0.15, 0.2) is 5.54 Å². The number of halogens is 1. The lowest BCUT2D eigenvalue weighted by Crippen LogP contribution is -2.49. The zero-order chi connectivity index (χ0) is 15.4. The number of amides is 3. The minimum atomic E-state index is -1.39. The molecule has 9 heteroatoms. The van der Waals surface area contributed by atoms with Crippen LogP contribution in [0.3, 0.4) is 0 Å². The van der Waals surface area contributed by atoms with E-state index in [1.54, 1.807) is 6.92 Å². The van der Waals surface area contributed by atoms with Crippen LogP contribution in [0.25, 0.3) is 0 Å². The van der Waals surface area contributed by atoms with Crippen molar-refractivity contribution < 1.29 is 19.2 Å². The normalized spacial score (nSPS) is 26.9. The second-order valence-electron chi connectivity index (χ2n) is 5.00. The van der Waals surface area contributed by atoms with Crippen molar-refractivity contribution in [2.75, 3.05) is 0 Å². The van der Waals surface area contributed by atoms with Crippen LogP contribution >= 0.6 is 11.6 Å². The maximum atomic E-state index is 12.2. The summed E-state index contributed by atoms with van der Waals surface area (Å²) in [6, 6.07) is 1.91. The number of hydrogen-bond acceptors (Lipinski definition) is 5. The number of nitrogens with one attached hydrogen (secondary N) is 2. The molecule has 1 aromatic carbocycles. The Morgan fingerprint density at radius 3 is 2.76 bits per heavy atom. The smallest absolute Gasteiger partial charge is 0.322 e. The Balaban J connectivity index is 2.29. The Kier molecular flexibility index (Phi) is 2.80. The third-order valence-corrected chi connectivity index (χ3v) is 3.76. The van der Waals surface area contributed by atoms with Gasteiger partial charge in [-0.1, -0.05) is 11.6 Å². The summed E-state index contributed by atoms with van der Waals surface area (Å²) in [5.74, 6) is -0.610. The molecule has 2 atom stereocenters. The summed E-state index contributed by atoms with van der Waals surface area (Å²) in [5.41, 5.74) is -1.53. The molecule has 1 fully saturated rings. The third kappa shape index (κ3) is 1.90. The van der Waals surface area contributed by atoms with Crippen LogP contribution in [-0.4, -0.2) is 23.0 Å². The van der Waals surface area contributed by atoms with Crippen molar-refractivity contribution in [3.63, 3.8) is 0 Å². The molecule has 2 N–H and O–H groups in total. The van der Waals surface area contributed by atoms with E-state index in [9.17, 15) is 19.7 Å². The van der Waals surface area contributed by atoms with E-state index in [0.29, 0.717) is 0 Å². The molecular weight excluding hydrogens is 302 g/mol. The van der Waals surface area contributed by atoms with Crippen molar-refractivity contribution in [1.82, 2.24) is 10.6 Å². The van der Waals surface area contributed by atoms with E-state index in [1.165, 1.54) is 6.07 Å². The summed E-state index contributed by atoms with van der Waals surface area (Å²) in [6.07, 6.45) is -0.323. The second kappa shape index (κ2) is 4.32. The van der Waals surface area contributed by atoms with Gasteiger partial charge in [0, 0.05) is 23.1 Å². The summed E-state index contributed by atoms with van der Waals surface area (Å²) in [5, 5.41) is 15.9. The van der Waals surface area contributed by atoms with E-state index in [0.717, 1.165) is 6.07 Å². The molecule has 0 aromatic heterocycles. The van der Waals surface area contributed by atoms with Gasteiger partial charge in [0.05, 0.1) is 11.0 Å². The van der Waals surface area contributed by atoms with Gasteiger partial charge in [-0.2, -0.15) is 0 Å². The lowest BCUT2D eigenvalue weighted by atomic mass is 9.82. The summed E-state index contributed by atoms with van der Waals surface area (Å²) < 4.78 is 5.52. The van der Waals surface area contributed by atoms with Crippen LogP contribution < -0.4 is 15.4 Å². The molecule has 8 nitrogen and oxygen atoms in total. The van der Waals surface area contributed by atoms with Crippen molar-refractivity contribution in [1.29, 1.82) is 0 Å². The number of imide groups is 1. The van der Waals surface area contributed by atoms with Gasteiger partial charge in [-0.3, -0.25) is 20.2 Å². The molecule has 3 rings (SSSR count). The fourth-order valence-corrected chi connectivity index (χ4v) is 2.98. The zero-order valence-corrected chi connectivity index (χ0v) is 11.6. The molecule has 0 bridgehead atoms. The standard InChI is InChI=1S/C12H10ClN3O5/c1-5-4-12(10(17)14-11(18)15-12)7-2-6(13)3-8(16(19)20)9(7)21-5/h2-3,5H,4H2,1H3,(H2,14,15,17,18). The lowest BCUT2D eigenvalue weighted by Gasteiger charge is -2.35. The summed E-state index contributed by atoms with van der Waals surface area (Å²) in [7, 11) is 0. The highest BCUT2D eigenvalue weighted by Gasteiger charge is 2.54. The largest absolute Gasteiger partial charge is 0.483 e. The maximum absolute atomic E-state index is 12.2. The van der Waals surface area contributed by atoms with E-state index in [4.69, 9.17) is 16.3 Å². The van der Waals surface area contributed by atoms with E-state index in [-0.39, 0.29) is 28.4 Å². The van der Waals surface area contributed by atoms with Crippen LogP contribution in [0.1, 0.15) is 18.9 Å². The molecule has 2 heterocycles. The molecule has 2 aliphatic heterocycles. The van der Waals surface area contributed by atoms with Crippen LogP contribution in [0.15, 0.2) is 12.1 Å². The quantitative estimate of drug-likeness (QED) is 0.463. The monoisotopic (exact) mass is 311 g/mol. The molecule has 2 aliphatic rings. The lowest BCUT2D eigenvalue weighted by molar-refractivity contribution is -0.386. The topological polar surface area (TPSA) is 111 Å². The first-order valence-corrected chi connectivity index (χ1v) is 6.50. The average molecular weight is 312 g/mol. The number of ether oxygens (including phenoxy) is 1. The van der Waals surface area contributed by atoms with Gasteiger partial charge in [0.2, 0.25) is 5.75 Å². The first-order valence-electron chi connectivity index (χ1n) is 6.12. The number of nitrogens with zero attached hydrogens (tertiary/aromatic N) is 1. The fourth-order valence-electron chi connectivity index (χ4n) is 2.76. The molecule has 1 spiro atoms. The highest BCUT2D eigenvalue weighted by atomic mass is 35.5. The molecule has 3 amide bonds. The number of carbonyl (C=O) groups excluding carboxylic acids is 2. The number of rotatable bonds is 1. The van der Waals surface area contributed by atoms with Gasteiger partial charge < -0.3 is 10.1 Å². The summed E-state index contributed by atoms with van der Waals surface area (Å²) >= 11 is 5.90. The molecule has 21 heavy (non-hydrogen) atoms. The Hall–Kier alpha value is -2.35. The predicted octanol–water partition coefficient (Wildman–Crippen LogP) is 1.45. The van der Waals surface area contributed by atoms with Crippen LogP contribution in [0, 0.1) is 10.1 Å². The van der Waals surface area contributed by atoms with Crippen LogP contribution in [0.5, 0.6) is 5.75 Å². The van der Waals surface area contributed by atoms with Crippen LogP contribution in [0.4, 0.5) is 10.5 Å². The van der Waals surface area contributed by atoms with Gasteiger partial charge in [-0.15, -0.1) is 0 Å². The van der Waals surface area contributed by atoms with Crippen LogP contribution in [0.2, 0.25) is 5.02 Å². The van der Waals surface area contributed by atoms with Gasteiger partial charge in [-0.25, -0.2) is 4.79 Å². The summed E-state index contributed by atoms with van der Waals surface area (Å²) in [6.45, 7) is 1.67. The van der Waals surface area contributed by atoms with Crippen molar-refractivity contribution in [3.8, 4) is 5.75 Å². The van der Waals surface area contributed by atoms with Crippen molar-refractivity contribution in [2.24, 2.45) is 0 Å². The van der Waals surface area contributed by atoms with Gasteiger partial charge >= 0.3 is 11.7 Å². The summed E-state index contributed by atoms with van der Waals surface area (Å²) in [4.78, 5) is 34.2. The molecule has 1 aromatic rings. The molecule has 0 radical (unpaired) electrons. The average Bonchev–Trinajstić information content (AvgIpc) is 2.64. The molecule has 1 saturated heterocycles. The number of fused-ring (bicyclic) bond motifs is 2. The SMILES string of the molecule is CC1CC2(NC(=O)NC2=O)c2cc(Cl)cc([N+](=O)[O-])c2O1. The highest BCUT2D eigenvalue weighted by Crippen LogP contribution is 2.47. The molecule has 0 aliphatic carbocycles. The van der Waals surface area contributed by atoms with Gasteiger partial charge in [0.1, 0.15) is 0 Å². The second-order valence-corrected chi connectivity index (χ2v) is 5.44. The fraction of sp³-hybridized carbons (Fsp3) is 0.333. The number of nitro groups is 1. The van der Waals surface area contributed by atoms with Gasteiger partial charge in [-0.05, 0) is 13.0 Å². The zero-order valence-electron chi connectivity index (χ0n) is 10.8. The van der Waals surface area contributed by atoms with Crippen molar-refractivity contribution in [3.05, 3.63) is 32.8 Å². The van der Waals surface area contributed by atoms with E-state index >= 15 is 0 Å². The highest BCUT2D eigenvalue weighted by molar-refractivity contribution is 6.31. The molecule has 2 unspecified atom stereocenters. The number of nitro benzene ring substituents is 1. The number of hydrogen-bond donors (Lipinski definition) is 2. The Labute approximate surface area is 123 Å². The minimum absolute atomic E-state index is 0.0412. The Bertz CT molecular complexity index is 692. The predicted molar refractivity (Wildman–Crippen MR) is 71.2 cm³/mol.